The molecule has 1 aromatic heterocycles. The molecule has 0 bridgehead atoms. The number of sulfonamides is 1. The minimum Gasteiger partial charge on any atom is -0.295 e. The van der Waals surface area contributed by atoms with Crippen LogP contribution in [0.1, 0.15) is 22.8 Å². The molecule has 0 aliphatic heterocycles. The van der Waals surface area contributed by atoms with E-state index >= 15 is 0 Å². The molecule has 128 valence electrons. The monoisotopic (exact) mass is 355 g/mol. The Hall–Kier alpha value is -2.93. The van der Waals surface area contributed by atoms with E-state index in [1.165, 1.54) is 31.2 Å². The van der Waals surface area contributed by atoms with Crippen LogP contribution in [0.15, 0.2) is 71.9 Å². The van der Waals surface area contributed by atoms with Crippen molar-refractivity contribution in [3.8, 4) is 0 Å². The lowest BCUT2D eigenvalue weighted by Gasteiger charge is -2.09. The summed E-state index contributed by atoms with van der Waals surface area (Å²) >= 11 is 0. The van der Waals surface area contributed by atoms with E-state index in [0.29, 0.717) is 17.8 Å². The molecule has 3 rings (SSSR count). The third-order valence-corrected chi connectivity index (χ3v) is 5.08. The summed E-state index contributed by atoms with van der Waals surface area (Å²) in [5, 5.41) is 4.13. The zero-order chi connectivity index (χ0) is 17.9. The number of hydrogen-bond acceptors (Lipinski definition) is 4. The maximum Gasteiger partial charge on any atom is 0.261 e. The van der Waals surface area contributed by atoms with Crippen LogP contribution in [0.5, 0.6) is 0 Å². The highest BCUT2D eigenvalue weighted by atomic mass is 32.2. The first-order valence-electron chi connectivity index (χ1n) is 7.64. The van der Waals surface area contributed by atoms with Crippen LogP contribution in [0.2, 0.25) is 0 Å². The number of carbonyl (C=O) groups excluding carboxylic acids is 1. The second kappa shape index (κ2) is 6.90. The number of benzene rings is 2. The lowest BCUT2D eigenvalue weighted by atomic mass is 10.2. The molecule has 7 heteroatoms. The molecular weight excluding hydrogens is 338 g/mol. The minimum absolute atomic E-state index is 0.107. The molecule has 3 aromatic rings. The van der Waals surface area contributed by atoms with Crippen molar-refractivity contribution in [3.63, 3.8) is 0 Å². The van der Waals surface area contributed by atoms with Gasteiger partial charge in [0, 0.05) is 23.6 Å². The molecule has 0 radical (unpaired) electrons. The maximum absolute atomic E-state index is 12.4. The summed E-state index contributed by atoms with van der Waals surface area (Å²) in [7, 11) is -3.70. The van der Waals surface area contributed by atoms with E-state index in [-0.39, 0.29) is 10.7 Å². The third-order valence-electron chi connectivity index (χ3n) is 3.68. The van der Waals surface area contributed by atoms with Crippen molar-refractivity contribution in [2.45, 2.75) is 18.4 Å². The van der Waals surface area contributed by atoms with Crippen molar-refractivity contribution in [2.75, 3.05) is 4.72 Å². The summed E-state index contributed by atoms with van der Waals surface area (Å²) < 4.78 is 29.1. The molecule has 0 fully saturated rings. The van der Waals surface area contributed by atoms with Gasteiger partial charge in [-0.3, -0.25) is 14.2 Å². The van der Waals surface area contributed by atoms with Gasteiger partial charge in [0.15, 0.2) is 5.78 Å². The number of nitrogens with zero attached hydrogens (tertiary/aromatic N) is 2. The second-order valence-electron chi connectivity index (χ2n) is 5.59. The molecule has 0 saturated carbocycles. The first kappa shape index (κ1) is 16.9. The van der Waals surface area contributed by atoms with Crippen molar-refractivity contribution in [3.05, 3.63) is 78.1 Å². The predicted molar refractivity (Wildman–Crippen MR) is 95.0 cm³/mol. The molecule has 1 N–H and O–H groups in total. The Morgan fingerprint density at radius 2 is 1.76 bits per heavy atom. The fourth-order valence-electron chi connectivity index (χ4n) is 2.34. The number of carbonyl (C=O) groups is 1. The fourth-order valence-corrected chi connectivity index (χ4v) is 3.40. The van der Waals surface area contributed by atoms with Gasteiger partial charge in [0.25, 0.3) is 10.0 Å². The Labute approximate surface area is 146 Å². The van der Waals surface area contributed by atoms with E-state index in [4.69, 9.17) is 0 Å². The Morgan fingerprint density at radius 3 is 2.32 bits per heavy atom. The van der Waals surface area contributed by atoms with Crippen LogP contribution in [-0.2, 0) is 16.6 Å². The zero-order valence-corrected chi connectivity index (χ0v) is 14.4. The molecule has 2 aromatic carbocycles. The van der Waals surface area contributed by atoms with Crippen LogP contribution in [0.4, 0.5) is 5.69 Å². The summed E-state index contributed by atoms with van der Waals surface area (Å²) in [6, 6.07) is 14.8. The molecule has 6 nitrogen and oxygen atoms in total. The van der Waals surface area contributed by atoms with Crippen molar-refractivity contribution in [1.29, 1.82) is 0 Å². The lowest BCUT2D eigenvalue weighted by molar-refractivity contribution is 0.101. The van der Waals surface area contributed by atoms with Gasteiger partial charge in [0.2, 0.25) is 0 Å². The highest BCUT2D eigenvalue weighted by molar-refractivity contribution is 7.92. The number of anilines is 1. The summed E-state index contributed by atoms with van der Waals surface area (Å²) in [5.74, 6) is -0.107. The number of Topliss-reactive ketones (excluding diaryl/α,β-unsaturated/α-hetero) is 1. The molecule has 0 amide bonds. The van der Waals surface area contributed by atoms with Gasteiger partial charge in [-0.25, -0.2) is 8.42 Å². The van der Waals surface area contributed by atoms with Crippen molar-refractivity contribution < 1.29 is 13.2 Å². The van der Waals surface area contributed by atoms with Gasteiger partial charge in [-0.05, 0) is 42.8 Å². The van der Waals surface area contributed by atoms with Gasteiger partial charge in [-0.15, -0.1) is 0 Å². The van der Waals surface area contributed by atoms with Crippen LogP contribution in [-0.4, -0.2) is 24.0 Å². The van der Waals surface area contributed by atoms with Crippen LogP contribution < -0.4 is 4.72 Å². The Bertz CT molecular complexity index is 961. The molecule has 0 unspecified atom stereocenters. The largest absolute Gasteiger partial charge is 0.295 e. The molecule has 1 heterocycles. The number of ketones is 1. The average Bonchev–Trinajstić information content (AvgIpc) is 3.09. The minimum atomic E-state index is -3.70. The summed E-state index contributed by atoms with van der Waals surface area (Å²) in [6.07, 6.45) is 3.57. The zero-order valence-electron chi connectivity index (χ0n) is 13.6. The van der Waals surface area contributed by atoms with Crippen molar-refractivity contribution >= 4 is 21.5 Å². The smallest absolute Gasteiger partial charge is 0.261 e. The topological polar surface area (TPSA) is 81.1 Å². The third kappa shape index (κ3) is 4.13. The summed E-state index contributed by atoms with van der Waals surface area (Å²) in [5.41, 5.74) is 1.96. The average molecular weight is 355 g/mol. The normalized spacial score (nSPS) is 11.2. The summed E-state index contributed by atoms with van der Waals surface area (Å²) in [6.45, 7) is 2.05. The molecule has 0 aliphatic rings. The molecule has 0 aliphatic carbocycles. The molecule has 0 spiro atoms. The van der Waals surface area contributed by atoms with Crippen molar-refractivity contribution in [1.82, 2.24) is 9.78 Å². The second-order valence-corrected chi connectivity index (χ2v) is 7.27. The van der Waals surface area contributed by atoms with Crippen LogP contribution in [0.25, 0.3) is 0 Å². The standard InChI is InChI=1S/C18H17N3O3S/c1-14(22)16-5-9-18(10-6-16)25(23,24)20-17-7-3-15(4-8-17)13-21-12-2-11-19-21/h2-12,20H,13H2,1H3. The quantitative estimate of drug-likeness (QED) is 0.689. The first-order chi connectivity index (χ1) is 11.9. The number of hydrogen-bond donors (Lipinski definition) is 1. The van der Waals surface area contributed by atoms with E-state index in [9.17, 15) is 13.2 Å². The molecule has 0 atom stereocenters. The van der Waals surface area contributed by atoms with E-state index < -0.39 is 10.0 Å². The summed E-state index contributed by atoms with van der Waals surface area (Å²) in [4.78, 5) is 11.4. The van der Waals surface area contributed by atoms with Gasteiger partial charge in [0.05, 0.1) is 11.4 Å². The van der Waals surface area contributed by atoms with Crippen LogP contribution in [0.3, 0.4) is 0 Å². The highest BCUT2D eigenvalue weighted by Crippen LogP contribution is 2.18. The van der Waals surface area contributed by atoms with Crippen molar-refractivity contribution in [2.24, 2.45) is 0 Å². The molecule has 0 saturated heterocycles. The molecule has 25 heavy (non-hydrogen) atoms. The number of nitrogens with one attached hydrogen (secondary N) is 1. The number of aromatic nitrogens is 2. The first-order valence-corrected chi connectivity index (χ1v) is 9.12. The van der Waals surface area contributed by atoms with Gasteiger partial charge >= 0.3 is 0 Å². The Kier molecular flexibility index (Phi) is 4.67. The van der Waals surface area contributed by atoms with Gasteiger partial charge in [-0.1, -0.05) is 24.3 Å². The van der Waals surface area contributed by atoms with E-state index in [1.807, 2.05) is 24.4 Å². The Balaban J connectivity index is 1.73. The van der Waals surface area contributed by atoms with E-state index in [0.717, 1.165) is 5.56 Å². The van der Waals surface area contributed by atoms with Crippen LogP contribution >= 0.6 is 0 Å². The number of rotatable bonds is 6. The fraction of sp³-hybridized carbons (Fsp3) is 0.111. The van der Waals surface area contributed by atoms with E-state index in [2.05, 4.69) is 9.82 Å². The lowest BCUT2D eigenvalue weighted by Crippen LogP contribution is -2.13. The van der Waals surface area contributed by atoms with Gasteiger partial charge < -0.3 is 0 Å². The van der Waals surface area contributed by atoms with E-state index in [1.54, 1.807) is 23.0 Å². The SMILES string of the molecule is CC(=O)c1ccc(S(=O)(=O)Nc2ccc(Cn3cccn3)cc2)cc1. The molecular formula is C18H17N3O3S. The predicted octanol–water partition coefficient (Wildman–Crippen LogP) is 2.93. The van der Waals surface area contributed by atoms with Gasteiger partial charge in [-0.2, -0.15) is 5.10 Å². The van der Waals surface area contributed by atoms with Crippen LogP contribution in [0, 0.1) is 0 Å². The van der Waals surface area contributed by atoms with Gasteiger partial charge in [0.1, 0.15) is 0 Å². The maximum atomic E-state index is 12.4. The highest BCUT2D eigenvalue weighted by Gasteiger charge is 2.14. The Morgan fingerprint density at radius 1 is 1.08 bits per heavy atom.